The van der Waals surface area contributed by atoms with E-state index >= 15 is 0 Å². The lowest BCUT2D eigenvalue weighted by atomic mass is 10.1. The third-order valence-electron chi connectivity index (χ3n) is 14.9. The van der Waals surface area contributed by atoms with Crippen molar-refractivity contribution in [3.05, 3.63) is 281 Å². The molecule has 478 valence electrons. The number of aromatic nitrogens is 3. The first-order chi connectivity index (χ1) is 44.6. The molecule has 2 saturated carbocycles. The zero-order chi connectivity index (χ0) is 66.5. The van der Waals surface area contributed by atoms with Crippen LogP contribution in [0.5, 0.6) is 0 Å². The van der Waals surface area contributed by atoms with Gasteiger partial charge >= 0.3 is 0 Å². The van der Waals surface area contributed by atoms with E-state index in [0.717, 1.165) is 84.2 Å². The number of carbonyl (C=O) groups is 3. The lowest BCUT2D eigenvalue weighted by Crippen LogP contribution is -2.15. The van der Waals surface area contributed by atoms with Gasteiger partial charge in [0.15, 0.2) is 12.6 Å². The zero-order valence-electron chi connectivity index (χ0n) is 49.3. The Balaban J connectivity index is 0.000000132. The maximum Gasteiger partial charge on any atom is 0.268 e. The summed E-state index contributed by atoms with van der Waals surface area (Å²) in [6.07, 6.45) is 16.2. The minimum atomic E-state index is -3.96. The molecule has 12 nitrogen and oxygen atoms in total. The first kappa shape index (κ1) is 68.5. The molecule has 0 atom stereocenters. The minimum Gasteiger partial charge on any atom is -0.338 e. The summed E-state index contributed by atoms with van der Waals surface area (Å²) in [5, 5.41) is 3.33. The molecule has 15 rings (SSSR count). The molecule has 0 spiro atoms. The van der Waals surface area contributed by atoms with E-state index in [4.69, 9.17) is 10.7 Å². The first-order valence-corrected chi connectivity index (χ1v) is 35.2. The molecule has 4 aliphatic rings. The number of hydrogen-bond acceptors (Lipinski definition) is 9. The van der Waals surface area contributed by atoms with E-state index < -0.39 is 40.7 Å². The number of fused-ring (bicyclic) bond motifs is 5. The van der Waals surface area contributed by atoms with Crippen molar-refractivity contribution in [3.8, 4) is 0 Å². The number of rotatable bonds is 11. The summed E-state index contributed by atoms with van der Waals surface area (Å²) in [4.78, 5) is 32.9. The molecule has 3 heterocycles. The predicted octanol–water partition coefficient (Wildman–Crippen LogP) is 16.6. The lowest BCUT2D eigenvalue weighted by Gasteiger charge is -2.09. The molecule has 2 fully saturated rings. The van der Waals surface area contributed by atoms with Crippen LogP contribution in [-0.2, 0) is 53.3 Å². The number of aldehydes is 3. The van der Waals surface area contributed by atoms with E-state index in [1.807, 2.05) is 28.9 Å². The van der Waals surface area contributed by atoms with Crippen molar-refractivity contribution in [2.24, 2.45) is 11.8 Å². The number of alkyl halides is 1. The fourth-order valence-corrected chi connectivity index (χ4v) is 14.1. The lowest BCUT2D eigenvalue weighted by molar-refractivity contribution is -0.104. The smallest absolute Gasteiger partial charge is 0.268 e. The third kappa shape index (κ3) is 17.8. The van der Waals surface area contributed by atoms with Gasteiger partial charge in [0.05, 0.1) is 42.6 Å². The number of benzene rings is 8. The molecule has 0 bridgehead atoms. The van der Waals surface area contributed by atoms with Crippen LogP contribution >= 0.6 is 26.6 Å². The molecule has 0 unspecified atom stereocenters. The van der Waals surface area contributed by atoms with Gasteiger partial charge in [0.1, 0.15) is 35.4 Å². The Morgan fingerprint density at radius 3 is 1.46 bits per heavy atom. The van der Waals surface area contributed by atoms with Crippen LogP contribution in [0.3, 0.4) is 0 Å². The van der Waals surface area contributed by atoms with Crippen molar-refractivity contribution in [2.75, 3.05) is 5.33 Å². The van der Waals surface area contributed by atoms with Crippen molar-refractivity contribution in [3.63, 3.8) is 0 Å². The summed E-state index contributed by atoms with van der Waals surface area (Å²) in [5.74, 6) is 0.0580. The van der Waals surface area contributed by atoms with Gasteiger partial charge in [0.25, 0.3) is 29.1 Å². The maximum atomic E-state index is 13.4. The summed E-state index contributed by atoms with van der Waals surface area (Å²) in [7, 11) is -6.15. The summed E-state index contributed by atoms with van der Waals surface area (Å²) >= 11 is 3.38. The standard InChI is InChI=1S/C15H10FNO3S.C14H10FNO2S.C13H12FNO.C10H7FO.C9H7F.C6H5ClO2S.C4H7Br/c16-12-7-6-11-8-13(10-18)17(15(11)9-12)21(19,20)14-4-2-1-3-5-14;15-12-7-6-11-8-9-16(14(11)10-12)19(17,18)13-4-2-1-3-5-13;14-11-4-3-10-5-12(8-16)15(13(10)6-11)7-9-1-2-9;11-10-2-1-8-3-7(6-12)4-9(8)5-10;10-9-5-4-7-2-1-3-8(7)6-9;7-10(8,9)6-4-2-1-3-5-6;5-3-4-1-2-4/h1-10H;1-10H;3-6,8-9H,1-2,7H2;1-3,5-6H,4H2;1-2,4-6H,3H2;1-5H;4H,1-3H2. The van der Waals surface area contributed by atoms with Gasteiger partial charge < -0.3 is 4.57 Å². The van der Waals surface area contributed by atoms with Crippen LogP contribution in [0.4, 0.5) is 22.0 Å². The minimum absolute atomic E-state index is 0.0369. The van der Waals surface area contributed by atoms with Crippen LogP contribution in [0.15, 0.2) is 233 Å². The predicted molar refractivity (Wildman–Crippen MR) is 357 cm³/mol. The molecule has 8 aromatic carbocycles. The van der Waals surface area contributed by atoms with Gasteiger partial charge in [0.2, 0.25) is 0 Å². The molecular formula is C71H58BrClF5N3O9S3. The van der Waals surface area contributed by atoms with Gasteiger partial charge in [0, 0.05) is 51.3 Å². The zero-order valence-corrected chi connectivity index (χ0v) is 54.1. The van der Waals surface area contributed by atoms with Gasteiger partial charge in [-0.05, 0) is 211 Å². The van der Waals surface area contributed by atoms with Gasteiger partial charge in [-0.25, -0.2) is 55.2 Å². The second-order valence-electron chi connectivity index (χ2n) is 21.7. The van der Waals surface area contributed by atoms with Crippen LogP contribution in [0.1, 0.15) is 68.9 Å². The van der Waals surface area contributed by atoms with E-state index in [-0.39, 0.29) is 43.3 Å². The van der Waals surface area contributed by atoms with Crippen LogP contribution in [0.25, 0.3) is 44.9 Å². The Labute approximate surface area is 547 Å². The molecule has 4 aliphatic carbocycles. The Kier molecular flexibility index (Phi) is 22.6. The fraction of sp³-hybridized carbons (Fsp3) is 0.141. The molecule has 0 aliphatic heterocycles. The molecule has 11 aromatic rings. The molecule has 0 amide bonds. The monoisotopic (exact) mass is 1400 g/mol. The number of halogens is 7. The highest BCUT2D eigenvalue weighted by Gasteiger charge is 2.25. The van der Waals surface area contributed by atoms with Gasteiger partial charge in [-0.2, -0.15) is 0 Å². The highest BCUT2D eigenvalue weighted by molar-refractivity contribution is 9.09. The summed E-state index contributed by atoms with van der Waals surface area (Å²) in [6, 6.07) is 50.5. The number of carbonyl (C=O) groups excluding carboxylic acids is 3. The Bertz CT molecular complexity index is 4920. The Hall–Kier alpha value is -8.86. The van der Waals surface area contributed by atoms with E-state index in [1.165, 1.54) is 134 Å². The Morgan fingerprint density at radius 1 is 0.473 bits per heavy atom. The number of allylic oxidation sites excluding steroid dienone is 2. The molecular weight excluding hydrogens is 1350 g/mol. The van der Waals surface area contributed by atoms with Gasteiger partial charge in [-0.1, -0.05) is 94.8 Å². The molecule has 0 radical (unpaired) electrons. The Morgan fingerprint density at radius 2 is 0.946 bits per heavy atom. The quantitative estimate of drug-likeness (QED) is 0.0529. The van der Waals surface area contributed by atoms with E-state index in [0.29, 0.717) is 40.6 Å². The van der Waals surface area contributed by atoms with E-state index in [1.54, 1.807) is 91.0 Å². The van der Waals surface area contributed by atoms with Gasteiger partial charge in [-0.15, -0.1) is 0 Å². The number of nitrogens with zero attached hydrogens (tertiary/aromatic N) is 3. The highest BCUT2D eigenvalue weighted by atomic mass is 79.9. The van der Waals surface area contributed by atoms with Crippen LogP contribution in [0.2, 0.25) is 0 Å². The molecule has 22 heteroatoms. The highest BCUT2D eigenvalue weighted by Crippen LogP contribution is 2.34. The van der Waals surface area contributed by atoms with Crippen molar-refractivity contribution in [1.29, 1.82) is 0 Å². The second kappa shape index (κ2) is 30.7. The number of hydrogen-bond donors (Lipinski definition) is 0. The molecule has 0 saturated heterocycles. The largest absolute Gasteiger partial charge is 0.338 e. The van der Waals surface area contributed by atoms with Crippen LogP contribution in [0, 0.1) is 40.9 Å². The maximum absolute atomic E-state index is 13.4. The third-order valence-corrected chi connectivity index (χ3v) is 20.6. The topological polar surface area (TPSA) is 168 Å². The van der Waals surface area contributed by atoms with Crippen molar-refractivity contribution >= 4 is 119 Å². The van der Waals surface area contributed by atoms with Crippen molar-refractivity contribution in [1.82, 2.24) is 12.5 Å². The average Bonchev–Trinajstić information content (AvgIpc) is 1.65. The SMILES string of the molecule is BrCC1CC1.Fc1ccc2c(c1)CC=C2.O=CC1=Cc2ccc(F)cc2C1.O=Cc1cc2ccc(F)cc2n1CC1CC1.O=Cc1cc2ccc(F)cc2n1S(=O)(=O)c1ccccc1.O=S(=O)(Cl)c1ccccc1.O=S(=O)(c1ccccc1)n1ccc2ccc(F)cc21. The van der Waals surface area contributed by atoms with E-state index in [2.05, 4.69) is 15.9 Å². The fourth-order valence-electron chi connectivity index (χ4n) is 9.82. The summed E-state index contributed by atoms with van der Waals surface area (Å²) in [5.41, 5.74) is 6.73. The van der Waals surface area contributed by atoms with Crippen LogP contribution in [-0.4, -0.2) is 62.0 Å². The van der Waals surface area contributed by atoms with Crippen molar-refractivity contribution in [2.45, 2.75) is 59.8 Å². The normalized spacial score (nSPS) is 13.5. The van der Waals surface area contributed by atoms with E-state index in [9.17, 15) is 61.6 Å². The average molecular weight is 1400 g/mol. The summed E-state index contributed by atoms with van der Waals surface area (Å²) < 4.78 is 140. The van der Waals surface area contributed by atoms with Crippen LogP contribution < -0.4 is 0 Å². The molecule has 93 heavy (non-hydrogen) atoms. The first-order valence-electron chi connectivity index (χ1n) is 28.9. The molecule has 3 aromatic heterocycles. The van der Waals surface area contributed by atoms with Gasteiger partial charge in [-0.3, -0.25) is 14.4 Å². The second-order valence-corrected chi connectivity index (χ2v) is 28.5. The summed E-state index contributed by atoms with van der Waals surface area (Å²) in [6.45, 7) is 0.834. The molecule has 0 N–H and O–H groups in total. The van der Waals surface area contributed by atoms with Crippen molar-refractivity contribution < 1.29 is 61.6 Å².